The molecule has 0 aromatic heterocycles. The summed E-state index contributed by atoms with van der Waals surface area (Å²) in [6.45, 7) is 5.17. The van der Waals surface area contributed by atoms with Gasteiger partial charge in [-0.3, -0.25) is 4.79 Å². The Morgan fingerprint density at radius 1 is 1.08 bits per heavy atom. The van der Waals surface area contributed by atoms with Crippen LogP contribution in [0, 0.1) is 11.3 Å². The molecule has 0 aliphatic heterocycles. The molecule has 0 aliphatic carbocycles. The zero-order valence-corrected chi connectivity index (χ0v) is 15.4. The van der Waals surface area contributed by atoms with Gasteiger partial charge >= 0.3 is 0 Å². The average Bonchev–Trinajstić information content (AvgIpc) is 2.67. The van der Waals surface area contributed by atoms with Gasteiger partial charge in [-0.1, -0.05) is 67.6 Å². The molecule has 4 nitrogen and oxygen atoms in total. The molecule has 0 heterocycles. The summed E-state index contributed by atoms with van der Waals surface area (Å²) < 4.78 is 0. The summed E-state index contributed by atoms with van der Waals surface area (Å²) in [6, 6.07) is 22.1. The van der Waals surface area contributed by atoms with Gasteiger partial charge in [-0.2, -0.15) is 5.26 Å². The molecule has 0 aliphatic rings. The maximum absolute atomic E-state index is 12.4. The van der Waals surface area contributed by atoms with Crippen LogP contribution in [-0.4, -0.2) is 16.8 Å². The summed E-state index contributed by atoms with van der Waals surface area (Å²) in [5.41, 5.74) is 2.37. The molecule has 1 unspecified atom stereocenters. The molecule has 0 saturated heterocycles. The van der Waals surface area contributed by atoms with Crippen LogP contribution < -0.4 is 5.32 Å². The molecular formula is C22H25N3O. The standard InChI is InChI=1S/C22H25N3O/c1-3-18(2)24-22(26)21(14-23)17-25(15-19-10-6-4-7-11-19)16-20-12-8-5-9-13-20/h4-13,17-18H,3,15-16H2,1-2H3,(H,24,26)/b21-17-. The van der Waals surface area contributed by atoms with E-state index < -0.39 is 0 Å². The Balaban J connectivity index is 2.23. The fourth-order valence-electron chi connectivity index (χ4n) is 2.51. The second-order valence-electron chi connectivity index (χ2n) is 6.31. The van der Waals surface area contributed by atoms with Gasteiger partial charge in [-0.05, 0) is 24.5 Å². The Bertz CT molecular complexity index is 721. The summed E-state index contributed by atoms with van der Waals surface area (Å²) >= 11 is 0. The second-order valence-corrected chi connectivity index (χ2v) is 6.31. The van der Waals surface area contributed by atoms with Crippen molar-refractivity contribution in [3.8, 4) is 6.07 Å². The van der Waals surface area contributed by atoms with Crippen molar-refractivity contribution < 1.29 is 4.79 Å². The molecule has 0 bridgehead atoms. The van der Waals surface area contributed by atoms with Crippen molar-refractivity contribution in [3.05, 3.63) is 83.6 Å². The average molecular weight is 347 g/mol. The number of carbonyl (C=O) groups excluding carboxylic acids is 1. The highest BCUT2D eigenvalue weighted by atomic mass is 16.1. The van der Waals surface area contributed by atoms with Gasteiger partial charge in [0.1, 0.15) is 11.6 Å². The second kappa shape index (κ2) is 10.0. The number of rotatable bonds is 8. The lowest BCUT2D eigenvalue weighted by atomic mass is 10.1. The lowest BCUT2D eigenvalue weighted by Gasteiger charge is -2.22. The Kier molecular flexibility index (Phi) is 7.45. The zero-order valence-electron chi connectivity index (χ0n) is 15.4. The van der Waals surface area contributed by atoms with Gasteiger partial charge in [0.25, 0.3) is 5.91 Å². The van der Waals surface area contributed by atoms with Crippen molar-refractivity contribution in [1.29, 1.82) is 5.26 Å². The molecule has 134 valence electrons. The van der Waals surface area contributed by atoms with Crippen molar-refractivity contribution in [2.45, 2.75) is 39.4 Å². The van der Waals surface area contributed by atoms with E-state index in [9.17, 15) is 10.1 Å². The summed E-state index contributed by atoms with van der Waals surface area (Å²) in [7, 11) is 0. The molecule has 2 aromatic carbocycles. The third-order valence-electron chi connectivity index (χ3n) is 4.12. The highest BCUT2D eigenvalue weighted by Crippen LogP contribution is 2.12. The molecule has 0 saturated carbocycles. The molecule has 26 heavy (non-hydrogen) atoms. The van der Waals surface area contributed by atoms with Crippen LogP contribution in [0.3, 0.4) is 0 Å². The highest BCUT2D eigenvalue weighted by molar-refractivity contribution is 5.97. The van der Waals surface area contributed by atoms with Crippen LogP contribution in [0.15, 0.2) is 72.4 Å². The smallest absolute Gasteiger partial charge is 0.263 e. The Morgan fingerprint density at radius 3 is 2.00 bits per heavy atom. The maximum atomic E-state index is 12.4. The van der Waals surface area contributed by atoms with Crippen LogP contribution in [0.2, 0.25) is 0 Å². The van der Waals surface area contributed by atoms with Crippen LogP contribution in [0.5, 0.6) is 0 Å². The molecule has 1 amide bonds. The first-order valence-electron chi connectivity index (χ1n) is 8.87. The number of benzene rings is 2. The number of hydrogen-bond acceptors (Lipinski definition) is 3. The van der Waals surface area contributed by atoms with E-state index in [2.05, 4.69) is 5.32 Å². The number of amides is 1. The number of nitrogens with zero attached hydrogens (tertiary/aromatic N) is 2. The Morgan fingerprint density at radius 2 is 1.58 bits per heavy atom. The number of nitriles is 1. The van der Waals surface area contributed by atoms with Gasteiger partial charge < -0.3 is 10.2 Å². The van der Waals surface area contributed by atoms with Gasteiger partial charge in [-0.25, -0.2) is 0 Å². The van der Waals surface area contributed by atoms with Crippen LogP contribution in [0.25, 0.3) is 0 Å². The highest BCUT2D eigenvalue weighted by Gasteiger charge is 2.14. The van der Waals surface area contributed by atoms with E-state index >= 15 is 0 Å². The van der Waals surface area contributed by atoms with E-state index in [4.69, 9.17) is 0 Å². The minimum absolute atomic E-state index is 0.0379. The van der Waals surface area contributed by atoms with Crippen molar-refractivity contribution in [3.63, 3.8) is 0 Å². The topological polar surface area (TPSA) is 56.1 Å². The van der Waals surface area contributed by atoms with Crippen LogP contribution in [0.4, 0.5) is 0 Å². The molecule has 0 fully saturated rings. The molecule has 4 heteroatoms. The summed E-state index contributed by atoms with van der Waals surface area (Å²) in [5.74, 6) is -0.326. The normalized spacial score (nSPS) is 12.1. The van der Waals surface area contributed by atoms with Gasteiger partial charge in [0.05, 0.1) is 0 Å². The van der Waals surface area contributed by atoms with Crippen LogP contribution in [-0.2, 0) is 17.9 Å². The predicted molar refractivity (Wildman–Crippen MR) is 104 cm³/mol. The molecule has 0 radical (unpaired) electrons. The summed E-state index contributed by atoms with van der Waals surface area (Å²) in [4.78, 5) is 14.4. The van der Waals surface area contributed by atoms with Gasteiger partial charge in [0, 0.05) is 25.3 Å². The molecular weight excluding hydrogens is 322 g/mol. The van der Waals surface area contributed by atoms with E-state index in [1.807, 2.05) is 85.5 Å². The molecule has 2 aromatic rings. The van der Waals surface area contributed by atoms with E-state index in [0.29, 0.717) is 13.1 Å². The largest absolute Gasteiger partial charge is 0.367 e. The summed E-state index contributed by atoms with van der Waals surface area (Å²) in [5, 5.41) is 12.3. The van der Waals surface area contributed by atoms with E-state index in [0.717, 1.165) is 17.5 Å². The zero-order chi connectivity index (χ0) is 18.8. The third kappa shape index (κ3) is 6.10. The first-order valence-corrected chi connectivity index (χ1v) is 8.87. The first-order chi connectivity index (χ1) is 12.6. The molecule has 1 atom stereocenters. The van der Waals surface area contributed by atoms with Crippen LogP contribution in [0.1, 0.15) is 31.4 Å². The van der Waals surface area contributed by atoms with E-state index in [1.165, 1.54) is 0 Å². The Labute approximate surface area is 155 Å². The molecule has 2 rings (SSSR count). The summed E-state index contributed by atoms with van der Waals surface area (Å²) in [6.07, 6.45) is 2.49. The Hall–Kier alpha value is -3.06. The van der Waals surface area contributed by atoms with Crippen molar-refractivity contribution in [1.82, 2.24) is 10.2 Å². The van der Waals surface area contributed by atoms with Crippen molar-refractivity contribution in [2.24, 2.45) is 0 Å². The first kappa shape index (κ1) is 19.3. The van der Waals surface area contributed by atoms with Gasteiger partial charge in [0.2, 0.25) is 0 Å². The lowest BCUT2D eigenvalue weighted by molar-refractivity contribution is -0.117. The van der Waals surface area contributed by atoms with E-state index in [1.54, 1.807) is 6.20 Å². The van der Waals surface area contributed by atoms with E-state index in [-0.39, 0.29) is 17.5 Å². The number of hydrogen-bond donors (Lipinski definition) is 1. The minimum Gasteiger partial charge on any atom is -0.367 e. The molecule has 1 N–H and O–H groups in total. The van der Waals surface area contributed by atoms with Crippen LogP contribution >= 0.6 is 0 Å². The minimum atomic E-state index is -0.326. The lowest BCUT2D eigenvalue weighted by Crippen LogP contribution is -2.33. The number of carbonyl (C=O) groups is 1. The molecule has 0 spiro atoms. The SMILES string of the molecule is CCC(C)NC(=O)/C(C#N)=C\N(Cc1ccccc1)Cc1ccccc1. The van der Waals surface area contributed by atoms with Gasteiger partial charge in [0.15, 0.2) is 0 Å². The fourth-order valence-corrected chi connectivity index (χ4v) is 2.51. The predicted octanol–water partition coefficient (Wildman–Crippen LogP) is 4.01. The number of nitrogens with one attached hydrogen (secondary N) is 1. The maximum Gasteiger partial charge on any atom is 0.263 e. The third-order valence-corrected chi connectivity index (χ3v) is 4.12. The monoisotopic (exact) mass is 347 g/mol. The van der Waals surface area contributed by atoms with Crippen molar-refractivity contribution >= 4 is 5.91 Å². The fraction of sp³-hybridized carbons (Fsp3) is 0.273. The van der Waals surface area contributed by atoms with Crippen molar-refractivity contribution in [2.75, 3.05) is 0 Å². The van der Waals surface area contributed by atoms with Gasteiger partial charge in [-0.15, -0.1) is 0 Å². The quantitative estimate of drug-likeness (QED) is 0.580.